The van der Waals surface area contributed by atoms with Crippen LogP contribution >= 0.6 is 0 Å². The van der Waals surface area contributed by atoms with E-state index in [1.54, 1.807) is 0 Å². The minimum Gasteiger partial charge on any atom is -0.381 e. The summed E-state index contributed by atoms with van der Waals surface area (Å²) < 4.78 is 5.68. The molecule has 24 heavy (non-hydrogen) atoms. The lowest BCUT2D eigenvalue weighted by atomic mass is 10.1. The predicted octanol–water partition coefficient (Wildman–Crippen LogP) is 2.98. The van der Waals surface area contributed by atoms with Gasteiger partial charge in [-0.05, 0) is 51.4 Å². The maximum Gasteiger partial charge on any atom is 0.222 e. The average Bonchev–Trinajstić information content (AvgIpc) is 2.79. The van der Waals surface area contributed by atoms with E-state index in [-0.39, 0.29) is 0 Å². The molecule has 0 aromatic carbocycles. The van der Waals surface area contributed by atoms with Crippen molar-refractivity contribution in [3.63, 3.8) is 0 Å². The number of likely N-dealkylation sites (tertiary alicyclic amines) is 2. The number of rotatable bonds is 10. The highest BCUT2D eigenvalue weighted by atomic mass is 16.5. The Balaban J connectivity index is 1.40. The molecule has 0 atom stereocenters. The van der Waals surface area contributed by atoms with Crippen LogP contribution in [0, 0.1) is 0 Å². The monoisotopic (exact) mass is 338 g/mol. The summed E-state index contributed by atoms with van der Waals surface area (Å²) in [6.45, 7) is 5.22. The lowest BCUT2D eigenvalue weighted by molar-refractivity contribution is -0.133. The maximum absolute atomic E-state index is 11.9. The third-order valence-corrected chi connectivity index (χ3v) is 5.03. The molecule has 0 saturated carbocycles. The highest BCUT2D eigenvalue weighted by Gasteiger charge is 2.17. The molecule has 2 aliphatic rings. The summed E-state index contributed by atoms with van der Waals surface area (Å²) >= 11 is 0. The van der Waals surface area contributed by atoms with Gasteiger partial charge in [0.05, 0.1) is 0 Å². The van der Waals surface area contributed by atoms with Crippen LogP contribution in [0.1, 0.15) is 70.6 Å². The zero-order valence-corrected chi connectivity index (χ0v) is 15.1. The highest BCUT2D eigenvalue weighted by molar-refractivity contribution is 5.77. The molecule has 2 amide bonds. The summed E-state index contributed by atoms with van der Waals surface area (Å²) in [6.07, 6.45) is 11.2. The Morgan fingerprint density at radius 1 is 0.667 bits per heavy atom. The average molecular weight is 338 g/mol. The smallest absolute Gasteiger partial charge is 0.222 e. The fraction of sp³-hybridized carbons (Fsp3) is 0.895. The Bertz CT molecular complexity index is 387. The number of nitrogens with zero attached hydrogens (tertiary/aromatic N) is 2. The van der Waals surface area contributed by atoms with Crippen LogP contribution in [-0.2, 0) is 14.3 Å². The van der Waals surface area contributed by atoms with Gasteiger partial charge in [-0.2, -0.15) is 0 Å². The maximum atomic E-state index is 11.9. The summed E-state index contributed by atoms with van der Waals surface area (Å²) in [5, 5.41) is 0. The summed E-state index contributed by atoms with van der Waals surface area (Å²) in [5.74, 6) is 0.658. The molecule has 138 valence electrons. The predicted molar refractivity (Wildman–Crippen MR) is 94.8 cm³/mol. The van der Waals surface area contributed by atoms with Gasteiger partial charge in [0.2, 0.25) is 11.8 Å². The first-order valence-electron chi connectivity index (χ1n) is 9.90. The van der Waals surface area contributed by atoms with Crippen molar-refractivity contribution in [1.29, 1.82) is 0 Å². The molecule has 5 nitrogen and oxygen atoms in total. The van der Waals surface area contributed by atoms with Gasteiger partial charge in [0, 0.05) is 52.2 Å². The molecule has 5 heteroatoms. The van der Waals surface area contributed by atoms with Gasteiger partial charge in [0.15, 0.2) is 0 Å². The van der Waals surface area contributed by atoms with E-state index >= 15 is 0 Å². The largest absolute Gasteiger partial charge is 0.381 e. The Morgan fingerprint density at radius 2 is 1.17 bits per heavy atom. The minimum atomic E-state index is 0.324. The van der Waals surface area contributed by atoms with Gasteiger partial charge in [-0.15, -0.1) is 0 Å². The molecule has 0 spiro atoms. The Hall–Kier alpha value is -1.10. The SMILES string of the molecule is O=C1CCCCCN1CCCCOCCCCN1CCCCC1=O. The number of carbonyl (C=O) groups is 2. The van der Waals surface area contributed by atoms with Gasteiger partial charge < -0.3 is 14.5 Å². The summed E-state index contributed by atoms with van der Waals surface area (Å²) in [4.78, 5) is 27.6. The fourth-order valence-corrected chi connectivity index (χ4v) is 3.49. The molecular weight excluding hydrogens is 304 g/mol. The van der Waals surface area contributed by atoms with Gasteiger partial charge in [-0.3, -0.25) is 9.59 Å². The second kappa shape index (κ2) is 11.5. The summed E-state index contributed by atoms with van der Waals surface area (Å²) in [5.41, 5.74) is 0. The molecule has 2 fully saturated rings. The van der Waals surface area contributed by atoms with E-state index in [9.17, 15) is 9.59 Å². The topological polar surface area (TPSA) is 49.9 Å². The molecular formula is C19H34N2O3. The zero-order chi connectivity index (χ0) is 17.0. The molecule has 0 aliphatic carbocycles. The van der Waals surface area contributed by atoms with Crippen LogP contribution in [0.25, 0.3) is 0 Å². The van der Waals surface area contributed by atoms with Crippen molar-refractivity contribution in [2.24, 2.45) is 0 Å². The lowest BCUT2D eigenvalue weighted by Crippen LogP contribution is -2.36. The molecule has 2 aliphatic heterocycles. The molecule has 0 bridgehead atoms. The second-order valence-electron chi connectivity index (χ2n) is 7.06. The van der Waals surface area contributed by atoms with Crippen LogP contribution in [0.3, 0.4) is 0 Å². The quantitative estimate of drug-likeness (QED) is 0.575. The molecule has 0 aromatic heterocycles. The summed E-state index contributed by atoms with van der Waals surface area (Å²) in [7, 11) is 0. The lowest BCUT2D eigenvalue weighted by Gasteiger charge is -2.26. The first-order chi connectivity index (χ1) is 11.8. The van der Waals surface area contributed by atoms with E-state index in [4.69, 9.17) is 4.74 Å². The minimum absolute atomic E-state index is 0.324. The second-order valence-corrected chi connectivity index (χ2v) is 7.06. The van der Waals surface area contributed by atoms with Crippen LogP contribution in [0.4, 0.5) is 0 Å². The molecule has 2 saturated heterocycles. The Labute approximate surface area is 146 Å². The van der Waals surface area contributed by atoms with Crippen molar-refractivity contribution in [2.75, 3.05) is 39.4 Å². The number of amides is 2. The molecule has 0 aromatic rings. The standard InChI is InChI=1S/C19H34N2O3/c22-18-10-2-1-4-12-20(18)14-6-8-16-24-17-9-7-15-21-13-5-3-11-19(21)23/h1-17H2. The van der Waals surface area contributed by atoms with E-state index in [2.05, 4.69) is 0 Å². The number of carbonyl (C=O) groups excluding carboxylic acids is 2. The van der Waals surface area contributed by atoms with Gasteiger partial charge in [-0.1, -0.05) is 6.42 Å². The summed E-state index contributed by atoms with van der Waals surface area (Å²) in [6, 6.07) is 0. The third-order valence-electron chi connectivity index (χ3n) is 5.03. The van der Waals surface area contributed by atoms with Gasteiger partial charge >= 0.3 is 0 Å². The normalized spacial score (nSPS) is 19.7. The third kappa shape index (κ3) is 7.20. The first-order valence-corrected chi connectivity index (χ1v) is 9.90. The van der Waals surface area contributed by atoms with E-state index in [0.29, 0.717) is 11.8 Å². The van der Waals surface area contributed by atoms with E-state index in [1.165, 1.54) is 6.42 Å². The van der Waals surface area contributed by atoms with Gasteiger partial charge in [0.25, 0.3) is 0 Å². The number of hydrogen-bond acceptors (Lipinski definition) is 3. The van der Waals surface area contributed by atoms with Gasteiger partial charge in [0.1, 0.15) is 0 Å². The number of ether oxygens (including phenoxy) is 1. The number of hydrogen-bond donors (Lipinski definition) is 0. The van der Waals surface area contributed by atoms with Gasteiger partial charge in [-0.25, -0.2) is 0 Å². The molecule has 0 N–H and O–H groups in total. The van der Waals surface area contributed by atoms with Crippen molar-refractivity contribution < 1.29 is 14.3 Å². The number of piperidine rings is 1. The van der Waals surface area contributed by atoms with Crippen LogP contribution in [0.5, 0.6) is 0 Å². The first kappa shape index (κ1) is 19.2. The highest BCUT2D eigenvalue weighted by Crippen LogP contribution is 2.12. The molecule has 0 radical (unpaired) electrons. The van der Waals surface area contributed by atoms with Crippen molar-refractivity contribution in [3.8, 4) is 0 Å². The van der Waals surface area contributed by atoms with Crippen molar-refractivity contribution >= 4 is 11.8 Å². The van der Waals surface area contributed by atoms with Crippen molar-refractivity contribution in [1.82, 2.24) is 9.80 Å². The van der Waals surface area contributed by atoms with Crippen molar-refractivity contribution in [2.45, 2.75) is 70.6 Å². The van der Waals surface area contributed by atoms with Crippen LogP contribution in [0.15, 0.2) is 0 Å². The zero-order valence-electron chi connectivity index (χ0n) is 15.1. The van der Waals surface area contributed by atoms with Crippen LogP contribution < -0.4 is 0 Å². The molecule has 2 rings (SSSR count). The van der Waals surface area contributed by atoms with E-state index in [1.807, 2.05) is 9.80 Å². The molecule has 0 unspecified atom stereocenters. The van der Waals surface area contributed by atoms with E-state index in [0.717, 1.165) is 104 Å². The Kier molecular flexibility index (Phi) is 9.18. The fourth-order valence-electron chi connectivity index (χ4n) is 3.49. The Morgan fingerprint density at radius 3 is 1.75 bits per heavy atom. The van der Waals surface area contributed by atoms with E-state index < -0.39 is 0 Å². The van der Waals surface area contributed by atoms with Crippen LogP contribution in [0.2, 0.25) is 0 Å². The van der Waals surface area contributed by atoms with Crippen LogP contribution in [-0.4, -0.2) is 61.0 Å². The number of unbranched alkanes of at least 4 members (excludes halogenated alkanes) is 2. The molecule has 2 heterocycles. The van der Waals surface area contributed by atoms with Crippen molar-refractivity contribution in [3.05, 3.63) is 0 Å².